The standard InChI is InChI=1S/C17H23N5S2/c1-23-17-18-4-14(5-19-17)8-22-7-13-2-3-16(22)10-21(6-13)9-15-11-24-12-20-15/h4-5,11-13,16H,2-3,6-10H2,1H3/t13-,16+/m0/s1. The van der Waals surface area contributed by atoms with Crippen molar-refractivity contribution in [1.82, 2.24) is 24.8 Å². The molecule has 3 fully saturated rings. The average molecular weight is 362 g/mol. The number of aromatic nitrogens is 3. The Hall–Kier alpha value is -1.02. The van der Waals surface area contributed by atoms with Crippen LogP contribution in [-0.2, 0) is 13.1 Å². The molecule has 0 aliphatic carbocycles. The second-order valence-corrected chi connectivity index (χ2v) is 8.27. The molecule has 3 saturated heterocycles. The van der Waals surface area contributed by atoms with Crippen molar-refractivity contribution in [3.8, 4) is 0 Å². The number of hydrogen-bond donors (Lipinski definition) is 0. The fourth-order valence-corrected chi connectivity index (χ4v) is 4.77. The topological polar surface area (TPSA) is 45.2 Å². The molecule has 128 valence electrons. The third-order valence-electron chi connectivity index (χ3n) is 5.02. The first-order valence-corrected chi connectivity index (χ1v) is 10.7. The number of piperidine rings is 1. The predicted octanol–water partition coefficient (Wildman–Crippen LogP) is 2.75. The van der Waals surface area contributed by atoms with Gasteiger partial charge in [0.1, 0.15) is 0 Å². The molecule has 0 spiro atoms. The van der Waals surface area contributed by atoms with Crippen LogP contribution < -0.4 is 0 Å². The molecule has 3 aliphatic rings. The summed E-state index contributed by atoms with van der Waals surface area (Å²) in [6, 6.07) is 0.641. The van der Waals surface area contributed by atoms with Crippen molar-refractivity contribution in [2.24, 2.45) is 5.92 Å². The molecule has 5 nitrogen and oxygen atoms in total. The Morgan fingerprint density at radius 1 is 1.12 bits per heavy atom. The van der Waals surface area contributed by atoms with Crippen LogP contribution in [-0.4, -0.2) is 56.7 Å². The Kier molecular flexibility index (Phi) is 5.12. The van der Waals surface area contributed by atoms with Crippen LogP contribution in [0, 0.1) is 5.92 Å². The van der Waals surface area contributed by atoms with Crippen LogP contribution in [0.1, 0.15) is 24.1 Å². The SMILES string of the molecule is CSc1ncc(CN2C[C@H]3CC[C@@H]2CN(Cc2cscn2)C3)cn1. The van der Waals surface area contributed by atoms with Crippen molar-refractivity contribution in [2.45, 2.75) is 37.1 Å². The van der Waals surface area contributed by atoms with E-state index in [2.05, 4.69) is 30.1 Å². The van der Waals surface area contributed by atoms with Gasteiger partial charge in [0.15, 0.2) is 5.16 Å². The van der Waals surface area contributed by atoms with Gasteiger partial charge in [-0.25, -0.2) is 15.0 Å². The number of rotatable bonds is 5. The van der Waals surface area contributed by atoms with Crippen LogP contribution in [0.3, 0.4) is 0 Å². The Labute approximate surface area is 151 Å². The van der Waals surface area contributed by atoms with E-state index in [1.54, 1.807) is 23.1 Å². The fraction of sp³-hybridized carbons (Fsp3) is 0.588. The number of fused-ring (bicyclic) bond motifs is 4. The van der Waals surface area contributed by atoms with Gasteiger partial charge in [-0.15, -0.1) is 11.3 Å². The highest BCUT2D eigenvalue weighted by Crippen LogP contribution is 2.29. The monoisotopic (exact) mass is 361 g/mol. The largest absolute Gasteiger partial charge is 0.296 e. The van der Waals surface area contributed by atoms with Gasteiger partial charge >= 0.3 is 0 Å². The van der Waals surface area contributed by atoms with Crippen LogP contribution in [0.4, 0.5) is 0 Å². The number of hydrogen-bond acceptors (Lipinski definition) is 7. The minimum Gasteiger partial charge on any atom is -0.296 e. The molecule has 0 saturated carbocycles. The molecule has 0 radical (unpaired) electrons. The summed E-state index contributed by atoms with van der Waals surface area (Å²) in [4.78, 5) is 18.5. The van der Waals surface area contributed by atoms with E-state index in [0.29, 0.717) is 6.04 Å². The van der Waals surface area contributed by atoms with Gasteiger partial charge in [0.25, 0.3) is 0 Å². The van der Waals surface area contributed by atoms with Gasteiger partial charge < -0.3 is 0 Å². The Balaban J connectivity index is 1.42. The molecule has 0 N–H and O–H groups in total. The zero-order valence-corrected chi connectivity index (χ0v) is 15.6. The zero-order valence-electron chi connectivity index (χ0n) is 14.0. The van der Waals surface area contributed by atoms with Gasteiger partial charge in [-0.1, -0.05) is 11.8 Å². The molecule has 0 unspecified atom stereocenters. The van der Waals surface area contributed by atoms with Crippen molar-refractivity contribution in [1.29, 1.82) is 0 Å². The van der Waals surface area contributed by atoms with E-state index in [4.69, 9.17) is 0 Å². The summed E-state index contributed by atoms with van der Waals surface area (Å²) in [5.74, 6) is 0.772. The summed E-state index contributed by atoms with van der Waals surface area (Å²) in [6.07, 6.45) is 8.66. The van der Waals surface area contributed by atoms with Crippen LogP contribution in [0.2, 0.25) is 0 Å². The van der Waals surface area contributed by atoms with E-state index in [-0.39, 0.29) is 0 Å². The van der Waals surface area contributed by atoms with E-state index >= 15 is 0 Å². The Morgan fingerprint density at radius 3 is 2.75 bits per heavy atom. The number of nitrogens with zero attached hydrogens (tertiary/aromatic N) is 5. The maximum absolute atomic E-state index is 4.46. The van der Waals surface area contributed by atoms with Gasteiger partial charge in [-0.3, -0.25) is 9.80 Å². The average Bonchev–Trinajstić information content (AvgIpc) is 2.96. The summed E-state index contributed by atoms with van der Waals surface area (Å²) in [5.41, 5.74) is 4.38. The van der Waals surface area contributed by atoms with Gasteiger partial charge in [0, 0.05) is 62.1 Å². The van der Waals surface area contributed by atoms with Crippen molar-refractivity contribution in [3.05, 3.63) is 34.5 Å². The third-order valence-corrected chi connectivity index (χ3v) is 6.23. The number of thiazole rings is 1. The smallest absolute Gasteiger partial charge is 0.187 e. The quantitative estimate of drug-likeness (QED) is 0.603. The Morgan fingerprint density at radius 2 is 2.00 bits per heavy atom. The highest BCUT2D eigenvalue weighted by Gasteiger charge is 2.34. The first-order valence-electron chi connectivity index (χ1n) is 8.48. The molecular formula is C17H23N5S2. The lowest BCUT2D eigenvalue weighted by Crippen LogP contribution is -2.43. The van der Waals surface area contributed by atoms with E-state index < -0.39 is 0 Å². The van der Waals surface area contributed by atoms with E-state index in [1.807, 2.05) is 24.2 Å². The highest BCUT2D eigenvalue weighted by atomic mass is 32.2. The van der Waals surface area contributed by atoms with Gasteiger partial charge in [0.05, 0.1) is 11.2 Å². The first-order chi connectivity index (χ1) is 11.8. The molecule has 5 heterocycles. The molecule has 5 rings (SSSR count). The zero-order chi connectivity index (χ0) is 16.4. The summed E-state index contributed by atoms with van der Waals surface area (Å²) in [7, 11) is 0. The molecule has 3 aliphatic heterocycles. The normalized spacial score (nSPS) is 25.0. The van der Waals surface area contributed by atoms with Crippen LogP contribution >= 0.6 is 23.1 Å². The summed E-state index contributed by atoms with van der Waals surface area (Å²) in [6.45, 7) is 5.52. The van der Waals surface area contributed by atoms with Gasteiger partial charge in [0.2, 0.25) is 0 Å². The lowest BCUT2D eigenvalue weighted by atomic mass is 9.95. The van der Waals surface area contributed by atoms with Crippen molar-refractivity contribution >= 4 is 23.1 Å². The Bertz CT molecular complexity index is 646. The van der Waals surface area contributed by atoms with E-state index in [9.17, 15) is 0 Å². The second-order valence-electron chi connectivity index (χ2n) is 6.78. The molecule has 7 heteroatoms. The lowest BCUT2D eigenvalue weighted by molar-refractivity contribution is 0.122. The van der Waals surface area contributed by atoms with Crippen molar-refractivity contribution < 1.29 is 0 Å². The van der Waals surface area contributed by atoms with Crippen LogP contribution in [0.5, 0.6) is 0 Å². The predicted molar refractivity (Wildman–Crippen MR) is 98.1 cm³/mol. The molecule has 0 amide bonds. The minimum absolute atomic E-state index is 0.641. The van der Waals surface area contributed by atoms with Crippen molar-refractivity contribution in [3.63, 3.8) is 0 Å². The second kappa shape index (κ2) is 7.47. The first kappa shape index (κ1) is 16.4. The molecule has 2 aromatic rings. The molecule has 2 atom stereocenters. The third kappa shape index (κ3) is 3.79. The van der Waals surface area contributed by atoms with Crippen LogP contribution in [0.15, 0.2) is 28.4 Å². The van der Waals surface area contributed by atoms with Gasteiger partial charge in [-0.05, 0) is 25.0 Å². The lowest BCUT2D eigenvalue weighted by Gasteiger charge is -2.36. The number of thioether (sulfide) groups is 1. The molecule has 24 heavy (non-hydrogen) atoms. The minimum atomic E-state index is 0.641. The summed E-state index contributed by atoms with van der Waals surface area (Å²) in [5, 5.41) is 3.03. The van der Waals surface area contributed by atoms with Crippen molar-refractivity contribution in [2.75, 3.05) is 25.9 Å². The maximum Gasteiger partial charge on any atom is 0.187 e. The highest BCUT2D eigenvalue weighted by molar-refractivity contribution is 7.98. The van der Waals surface area contributed by atoms with E-state index in [0.717, 1.165) is 30.7 Å². The maximum atomic E-state index is 4.46. The molecular weight excluding hydrogens is 338 g/mol. The summed E-state index contributed by atoms with van der Waals surface area (Å²) >= 11 is 3.29. The molecule has 0 aromatic carbocycles. The summed E-state index contributed by atoms with van der Waals surface area (Å²) < 4.78 is 0. The fourth-order valence-electron chi connectivity index (χ4n) is 3.91. The van der Waals surface area contributed by atoms with Crippen LogP contribution in [0.25, 0.3) is 0 Å². The van der Waals surface area contributed by atoms with E-state index in [1.165, 1.54) is 37.2 Å². The molecule has 2 bridgehead atoms. The molecule has 2 aromatic heterocycles. The van der Waals surface area contributed by atoms with Gasteiger partial charge in [-0.2, -0.15) is 0 Å².